The first kappa shape index (κ1) is 7.42. The Morgan fingerprint density at radius 2 is 2.42 bits per heavy atom. The zero-order valence-corrected chi connectivity index (χ0v) is 7.40. The van der Waals surface area contributed by atoms with Gasteiger partial charge in [-0.25, -0.2) is 4.98 Å². The molecule has 4 nitrogen and oxygen atoms in total. The Morgan fingerprint density at radius 3 is 3.25 bits per heavy atom. The largest absolute Gasteiger partial charge is 0.357 e. The number of rotatable bonds is 0. The smallest absolute Gasteiger partial charge is 0.172 e. The van der Waals surface area contributed by atoms with Gasteiger partial charge in [0.15, 0.2) is 10.9 Å². The normalized spacial score (nSPS) is 14.6. The summed E-state index contributed by atoms with van der Waals surface area (Å²) in [4.78, 5) is 8.47. The van der Waals surface area contributed by atoms with Crippen LogP contribution in [0.2, 0.25) is 0 Å². The molecule has 0 spiro atoms. The van der Waals surface area contributed by atoms with E-state index < -0.39 is 0 Å². The Bertz CT molecular complexity index is 336. The zero-order valence-electron chi connectivity index (χ0n) is 6.59. The van der Waals surface area contributed by atoms with Gasteiger partial charge in [-0.15, -0.1) is 0 Å². The Labute approximate surface area is 75.4 Å². The molecule has 0 aliphatic carbocycles. The van der Waals surface area contributed by atoms with Crippen LogP contribution in [0.1, 0.15) is 11.4 Å². The van der Waals surface area contributed by atoms with Crippen LogP contribution in [-0.4, -0.2) is 15.1 Å². The average molecular weight is 180 g/mol. The number of hydrogen-bond donors (Lipinski definition) is 2. The minimum Gasteiger partial charge on any atom is -0.357 e. The Morgan fingerprint density at radius 1 is 1.58 bits per heavy atom. The fraction of sp³-hybridized carbons (Fsp3) is 0.286. The molecule has 2 heterocycles. The second-order valence-electron chi connectivity index (χ2n) is 2.61. The van der Waals surface area contributed by atoms with Gasteiger partial charge in [-0.2, -0.15) is 0 Å². The van der Waals surface area contributed by atoms with Gasteiger partial charge >= 0.3 is 0 Å². The molecule has 1 aromatic rings. The van der Waals surface area contributed by atoms with Crippen LogP contribution in [0.15, 0.2) is 6.20 Å². The van der Waals surface area contributed by atoms with Crippen molar-refractivity contribution >= 4 is 23.1 Å². The molecule has 0 fully saturated rings. The standard InChI is InChI=1S/C7H8N4S/c1-4-2-8-5-3-9-7(12)11-6(5)10-4/h2H,3H2,1H3,(H2,9,10,11,12). The predicted octanol–water partition coefficient (Wildman–Crippen LogP) is 0.585. The maximum atomic E-state index is 4.94. The number of hydrogen-bond acceptors (Lipinski definition) is 3. The summed E-state index contributed by atoms with van der Waals surface area (Å²) in [6, 6.07) is 0. The SMILES string of the molecule is Cc1cnc2c(n1)NC(=S)NC2. The van der Waals surface area contributed by atoms with Crippen molar-refractivity contribution in [3.63, 3.8) is 0 Å². The molecule has 1 aromatic heterocycles. The van der Waals surface area contributed by atoms with Crippen LogP contribution < -0.4 is 10.6 Å². The van der Waals surface area contributed by atoms with Crippen molar-refractivity contribution in [2.75, 3.05) is 5.32 Å². The third-order valence-corrected chi connectivity index (χ3v) is 1.86. The summed E-state index contributed by atoms with van der Waals surface area (Å²) in [6.45, 7) is 2.56. The maximum Gasteiger partial charge on any atom is 0.172 e. The number of fused-ring (bicyclic) bond motifs is 1. The Kier molecular flexibility index (Phi) is 1.65. The summed E-state index contributed by atoms with van der Waals surface area (Å²) in [6.07, 6.45) is 1.75. The number of thiocarbonyl (C=S) groups is 1. The third kappa shape index (κ3) is 1.23. The van der Waals surface area contributed by atoms with Crippen molar-refractivity contribution in [2.45, 2.75) is 13.5 Å². The Balaban J connectivity index is 2.44. The van der Waals surface area contributed by atoms with Crippen LogP contribution >= 0.6 is 12.2 Å². The van der Waals surface area contributed by atoms with E-state index in [9.17, 15) is 0 Å². The van der Waals surface area contributed by atoms with Crippen LogP contribution in [0.3, 0.4) is 0 Å². The first-order valence-electron chi connectivity index (χ1n) is 3.63. The molecule has 2 N–H and O–H groups in total. The molecule has 5 heteroatoms. The minimum absolute atomic E-state index is 0.613. The predicted molar refractivity (Wildman–Crippen MR) is 49.8 cm³/mol. The summed E-state index contributed by atoms with van der Waals surface area (Å²) >= 11 is 4.94. The average Bonchev–Trinajstić information content (AvgIpc) is 2.03. The molecule has 0 saturated carbocycles. The van der Waals surface area contributed by atoms with Crippen molar-refractivity contribution in [3.05, 3.63) is 17.6 Å². The molecule has 0 radical (unpaired) electrons. The summed E-state index contributed by atoms with van der Waals surface area (Å²) < 4.78 is 0. The molecule has 12 heavy (non-hydrogen) atoms. The lowest BCUT2D eigenvalue weighted by Gasteiger charge is -2.18. The number of anilines is 1. The molecule has 0 amide bonds. The van der Waals surface area contributed by atoms with Crippen LogP contribution in [0.4, 0.5) is 5.82 Å². The highest BCUT2D eigenvalue weighted by molar-refractivity contribution is 7.80. The third-order valence-electron chi connectivity index (χ3n) is 1.62. The maximum absolute atomic E-state index is 4.94. The highest BCUT2D eigenvalue weighted by atomic mass is 32.1. The highest BCUT2D eigenvalue weighted by Crippen LogP contribution is 2.12. The van der Waals surface area contributed by atoms with Crippen LogP contribution in [0.25, 0.3) is 0 Å². The van der Waals surface area contributed by atoms with E-state index >= 15 is 0 Å². The van der Waals surface area contributed by atoms with Gasteiger partial charge in [0.25, 0.3) is 0 Å². The van der Waals surface area contributed by atoms with E-state index in [2.05, 4.69) is 20.6 Å². The number of aryl methyl sites for hydroxylation is 1. The van der Waals surface area contributed by atoms with E-state index in [1.54, 1.807) is 6.20 Å². The van der Waals surface area contributed by atoms with Gasteiger partial charge in [0.2, 0.25) is 0 Å². The highest BCUT2D eigenvalue weighted by Gasteiger charge is 2.12. The van der Waals surface area contributed by atoms with Crippen molar-refractivity contribution in [2.24, 2.45) is 0 Å². The lowest BCUT2D eigenvalue weighted by Crippen LogP contribution is -2.34. The number of aromatic nitrogens is 2. The van der Waals surface area contributed by atoms with E-state index in [0.717, 1.165) is 17.2 Å². The van der Waals surface area contributed by atoms with Gasteiger partial charge in [-0.05, 0) is 19.1 Å². The van der Waals surface area contributed by atoms with Gasteiger partial charge in [-0.3, -0.25) is 4.98 Å². The van der Waals surface area contributed by atoms with Crippen molar-refractivity contribution < 1.29 is 0 Å². The van der Waals surface area contributed by atoms with Gasteiger partial charge < -0.3 is 10.6 Å². The van der Waals surface area contributed by atoms with Crippen LogP contribution in [-0.2, 0) is 6.54 Å². The number of nitrogens with zero attached hydrogens (tertiary/aromatic N) is 2. The molecule has 0 aromatic carbocycles. The van der Waals surface area contributed by atoms with E-state index in [4.69, 9.17) is 12.2 Å². The molecular formula is C7H8N4S. The Hall–Kier alpha value is -1.23. The van der Waals surface area contributed by atoms with Gasteiger partial charge in [0, 0.05) is 6.20 Å². The van der Waals surface area contributed by atoms with E-state index in [-0.39, 0.29) is 0 Å². The molecule has 62 valence electrons. The zero-order chi connectivity index (χ0) is 8.55. The molecule has 0 saturated heterocycles. The first-order chi connectivity index (χ1) is 5.75. The molecule has 0 bridgehead atoms. The summed E-state index contributed by atoms with van der Waals surface area (Å²) in [5.74, 6) is 0.777. The van der Waals surface area contributed by atoms with Gasteiger partial charge in [0.1, 0.15) is 5.69 Å². The monoisotopic (exact) mass is 180 g/mol. The second-order valence-corrected chi connectivity index (χ2v) is 3.02. The fourth-order valence-corrected chi connectivity index (χ4v) is 1.22. The summed E-state index contributed by atoms with van der Waals surface area (Å²) in [5, 5.41) is 6.54. The van der Waals surface area contributed by atoms with Gasteiger partial charge in [0.05, 0.1) is 12.2 Å². The quantitative estimate of drug-likeness (QED) is 0.572. The topological polar surface area (TPSA) is 49.8 Å². The van der Waals surface area contributed by atoms with Crippen molar-refractivity contribution in [1.82, 2.24) is 15.3 Å². The first-order valence-corrected chi connectivity index (χ1v) is 4.04. The van der Waals surface area contributed by atoms with E-state index in [1.165, 1.54) is 0 Å². The molecular weight excluding hydrogens is 172 g/mol. The lowest BCUT2D eigenvalue weighted by atomic mass is 10.3. The molecule has 0 atom stereocenters. The van der Waals surface area contributed by atoms with E-state index in [1.807, 2.05) is 6.92 Å². The lowest BCUT2D eigenvalue weighted by molar-refractivity contribution is 0.845. The summed E-state index contributed by atoms with van der Waals surface area (Å²) in [5.41, 5.74) is 1.81. The number of nitrogens with one attached hydrogen (secondary N) is 2. The van der Waals surface area contributed by atoms with Crippen molar-refractivity contribution in [3.8, 4) is 0 Å². The van der Waals surface area contributed by atoms with Crippen LogP contribution in [0.5, 0.6) is 0 Å². The van der Waals surface area contributed by atoms with Crippen LogP contribution in [0, 0.1) is 6.92 Å². The van der Waals surface area contributed by atoms with Gasteiger partial charge in [-0.1, -0.05) is 0 Å². The second kappa shape index (κ2) is 2.67. The minimum atomic E-state index is 0.613. The summed E-state index contributed by atoms with van der Waals surface area (Å²) in [7, 11) is 0. The molecule has 1 aliphatic rings. The molecule has 1 aliphatic heterocycles. The molecule has 0 unspecified atom stereocenters. The fourth-order valence-electron chi connectivity index (χ4n) is 1.05. The van der Waals surface area contributed by atoms with E-state index in [0.29, 0.717) is 11.7 Å². The van der Waals surface area contributed by atoms with Crippen molar-refractivity contribution in [1.29, 1.82) is 0 Å². The molecule has 2 rings (SSSR count).